The number of carbonyl (C=O) groups is 1. The predicted molar refractivity (Wildman–Crippen MR) is 78.9 cm³/mol. The van der Waals surface area contributed by atoms with Gasteiger partial charge in [0.15, 0.2) is 0 Å². The van der Waals surface area contributed by atoms with Crippen molar-refractivity contribution in [2.24, 2.45) is 11.8 Å². The second-order valence-electron chi connectivity index (χ2n) is 5.81. The summed E-state index contributed by atoms with van der Waals surface area (Å²) in [6.07, 6.45) is 1.26. The van der Waals surface area contributed by atoms with E-state index < -0.39 is 0 Å². The summed E-state index contributed by atoms with van der Waals surface area (Å²) in [6.45, 7) is 6.98. The van der Waals surface area contributed by atoms with Crippen molar-refractivity contribution in [3.05, 3.63) is 24.3 Å². The number of nitrogens with zero attached hydrogens (tertiary/aromatic N) is 1. The first-order chi connectivity index (χ1) is 9.02. The van der Waals surface area contributed by atoms with Gasteiger partial charge in [0.25, 0.3) is 0 Å². The minimum Gasteiger partial charge on any atom is -0.399 e. The summed E-state index contributed by atoms with van der Waals surface area (Å²) in [4.78, 5) is 14.2. The highest BCUT2D eigenvalue weighted by Gasteiger charge is 2.23. The van der Waals surface area contributed by atoms with E-state index in [-0.39, 0.29) is 5.91 Å². The minimum absolute atomic E-state index is 0.0342. The van der Waals surface area contributed by atoms with Gasteiger partial charge in [0.1, 0.15) is 0 Å². The van der Waals surface area contributed by atoms with E-state index in [1.807, 2.05) is 18.2 Å². The Hall–Kier alpha value is -1.55. The van der Waals surface area contributed by atoms with Crippen molar-refractivity contribution in [2.45, 2.75) is 20.3 Å². The second-order valence-corrected chi connectivity index (χ2v) is 5.81. The number of anilines is 2. The number of nitrogens with two attached hydrogens (primary N) is 1. The number of rotatable bonds is 3. The molecule has 4 heteroatoms. The van der Waals surface area contributed by atoms with Crippen molar-refractivity contribution in [3.8, 4) is 0 Å². The molecule has 2 unspecified atom stereocenters. The first kappa shape index (κ1) is 13.9. The van der Waals surface area contributed by atoms with Crippen molar-refractivity contribution in [1.82, 2.24) is 4.90 Å². The third kappa shape index (κ3) is 4.24. The Bertz CT molecular complexity index is 437. The van der Waals surface area contributed by atoms with Crippen LogP contribution in [-0.2, 0) is 4.79 Å². The van der Waals surface area contributed by atoms with Crippen molar-refractivity contribution in [3.63, 3.8) is 0 Å². The maximum Gasteiger partial charge on any atom is 0.238 e. The van der Waals surface area contributed by atoms with Crippen molar-refractivity contribution in [2.75, 3.05) is 30.7 Å². The lowest BCUT2D eigenvalue weighted by Crippen LogP contribution is -2.42. The molecular weight excluding hydrogens is 238 g/mol. The highest BCUT2D eigenvalue weighted by Crippen LogP contribution is 2.20. The van der Waals surface area contributed by atoms with Crippen LogP contribution in [0, 0.1) is 11.8 Å². The van der Waals surface area contributed by atoms with Crippen LogP contribution in [0.15, 0.2) is 24.3 Å². The molecule has 19 heavy (non-hydrogen) atoms. The second kappa shape index (κ2) is 6.06. The monoisotopic (exact) mass is 261 g/mol. The molecule has 1 fully saturated rings. The molecule has 1 saturated heterocycles. The largest absolute Gasteiger partial charge is 0.399 e. The van der Waals surface area contributed by atoms with E-state index in [4.69, 9.17) is 5.73 Å². The Balaban J connectivity index is 1.87. The quantitative estimate of drug-likeness (QED) is 0.820. The molecule has 2 atom stereocenters. The third-order valence-electron chi connectivity index (χ3n) is 3.48. The zero-order valence-electron chi connectivity index (χ0n) is 11.7. The van der Waals surface area contributed by atoms with Crippen LogP contribution in [0.1, 0.15) is 20.3 Å². The van der Waals surface area contributed by atoms with E-state index in [9.17, 15) is 4.79 Å². The van der Waals surface area contributed by atoms with Gasteiger partial charge in [-0.3, -0.25) is 9.69 Å². The van der Waals surface area contributed by atoms with Crippen LogP contribution in [0.2, 0.25) is 0 Å². The lowest BCUT2D eigenvalue weighted by atomic mass is 9.92. The van der Waals surface area contributed by atoms with E-state index in [2.05, 4.69) is 24.1 Å². The summed E-state index contributed by atoms with van der Waals surface area (Å²) in [6, 6.07) is 7.29. The number of benzene rings is 1. The lowest BCUT2D eigenvalue weighted by Gasteiger charge is -2.34. The predicted octanol–water partition coefficient (Wildman–Crippen LogP) is 2.19. The molecular formula is C15H23N3O. The van der Waals surface area contributed by atoms with E-state index >= 15 is 0 Å². The van der Waals surface area contributed by atoms with Gasteiger partial charge in [-0.05, 0) is 36.5 Å². The van der Waals surface area contributed by atoms with Crippen LogP contribution in [-0.4, -0.2) is 30.4 Å². The molecule has 3 N–H and O–H groups in total. The summed E-state index contributed by atoms with van der Waals surface area (Å²) in [7, 11) is 0. The van der Waals surface area contributed by atoms with Crippen molar-refractivity contribution in [1.29, 1.82) is 0 Å². The molecule has 1 aromatic rings. The Labute approximate surface area is 115 Å². The van der Waals surface area contributed by atoms with Crippen LogP contribution in [0.25, 0.3) is 0 Å². The van der Waals surface area contributed by atoms with Crippen molar-refractivity contribution < 1.29 is 4.79 Å². The van der Waals surface area contributed by atoms with Gasteiger partial charge in [-0.25, -0.2) is 0 Å². The fourth-order valence-electron chi connectivity index (χ4n) is 2.94. The van der Waals surface area contributed by atoms with E-state index in [0.717, 1.165) is 18.8 Å². The molecule has 0 saturated carbocycles. The molecule has 0 bridgehead atoms. The van der Waals surface area contributed by atoms with Gasteiger partial charge in [0.05, 0.1) is 6.54 Å². The number of amides is 1. The van der Waals surface area contributed by atoms with Crippen LogP contribution >= 0.6 is 0 Å². The van der Waals surface area contributed by atoms with Crippen LogP contribution in [0.5, 0.6) is 0 Å². The fraction of sp³-hybridized carbons (Fsp3) is 0.533. The molecule has 1 amide bonds. The average molecular weight is 261 g/mol. The van der Waals surface area contributed by atoms with Gasteiger partial charge in [-0.2, -0.15) is 0 Å². The van der Waals surface area contributed by atoms with E-state index in [1.54, 1.807) is 6.07 Å². The molecule has 0 radical (unpaired) electrons. The zero-order chi connectivity index (χ0) is 13.8. The van der Waals surface area contributed by atoms with Gasteiger partial charge in [0, 0.05) is 24.5 Å². The number of carbonyl (C=O) groups excluding carboxylic acids is 1. The minimum atomic E-state index is 0.0342. The number of hydrogen-bond acceptors (Lipinski definition) is 3. The highest BCUT2D eigenvalue weighted by molar-refractivity contribution is 5.92. The fourth-order valence-corrected chi connectivity index (χ4v) is 2.94. The molecule has 1 aromatic carbocycles. The first-order valence-corrected chi connectivity index (χ1v) is 6.90. The number of nitrogens with one attached hydrogen (secondary N) is 1. The maximum absolute atomic E-state index is 12.0. The molecule has 1 aliphatic heterocycles. The molecule has 104 valence electrons. The molecule has 0 spiro atoms. The average Bonchev–Trinajstić information content (AvgIpc) is 2.26. The van der Waals surface area contributed by atoms with Gasteiger partial charge in [0.2, 0.25) is 5.91 Å². The topological polar surface area (TPSA) is 58.4 Å². The van der Waals surface area contributed by atoms with Gasteiger partial charge in [-0.15, -0.1) is 0 Å². The van der Waals surface area contributed by atoms with Crippen LogP contribution in [0.3, 0.4) is 0 Å². The molecule has 1 aliphatic rings. The lowest BCUT2D eigenvalue weighted by molar-refractivity contribution is -0.117. The maximum atomic E-state index is 12.0. The summed E-state index contributed by atoms with van der Waals surface area (Å²) in [5.74, 6) is 1.37. The van der Waals surface area contributed by atoms with Crippen LogP contribution in [0.4, 0.5) is 11.4 Å². The Kier molecular flexibility index (Phi) is 4.43. The highest BCUT2D eigenvalue weighted by atomic mass is 16.2. The number of piperidine rings is 1. The molecule has 1 heterocycles. The Morgan fingerprint density at radius 3 is 2.68 bits per heavy atom. The standard InChI is InChI=1S/C15H23N3O/c1-11-6-12(2)9-18(8-11)10-15(19)17-14-5-3-4-13(16)7-14/h3-5,7,11-12H,6,8-10,16H2,1-2H3,(H,17,19). The number of likely N-dealkylation sites (tertiary alicyclic amines) is 1. The summed E-state index contributed by atoms with van der Waals surface area (Å²) in [5, 5.41) is 2.90. The van der Waals surface area contributed by atoms with Gasteiger partial charge < -0.3 is 11.1 Å². The zero-order valence-corrected chi connectivity index (χ0v) is 11.7. The van der Waals surface area contributed by atoms with Gasteiger partial charge in [-0.1, -0.05) is 19.9 Å². The Morgan fingerprint density at radius 1 is 1.37 bits per heavy atom. The number of nitrogen functional groups attached to an aromatic ring is 1. The molecule has 0 aliphatic carbocycles. The number of hydrogen-bond donors (Lipinski definition) is 2. The van der Waals surface area contributed by atoms with Crippen LogP contribution < -0.4 is 11.1 Å². The van der Waals surface area contributed by atoms with E-state index in [0.29, 0.717) is 24.1 Å². The normalized spacial score (nSPS) is 24.1. The Morgan fingerprint density at radius 2 is 2.05 bits per heavy atom. The SMILES string of the molecule is CC1CC(C)CN(CC(=O)Nc2cccc(N)c2)C1. The molecule has 4 nitrogen and oxygen atoms in total. The smallest absolute Gasteiger partial charge is 0.238 e. The third-order valence-corrected chi connectivity index (χ3v) is 3.48. The summed E-state index contributed by atoms with van der Waals surface area (Å²) < 4.78 is 0. The van der Waals surface area contributed by atoms with Crippen molar-refractivity contribution >= 4 is 17.3 Å². The summed E-state index contributed by atoms with van der Waals surface area (Å²) >= 11 is 0. The summed E-state index contributed by atoms with van der Waals surface area (Å²) in [5.41, 5.74) is 7.12. The van der Waals surface area contributed by atoms with E-state index in [1.165, 1.54) is 6.42 Å². The van der Waals surface area contributed by atoms with Gasteiger partial charge >= 0.3 is 0 Å². The molecule has 0 aromatic heterocycles. The molecule has 2 rings (SSSR count). The first-order valence-electron chi connectivity index (χ1n) is 6.90.